The Bertz CT molecular complexity index is 1160. The maximum Gasteiger partial charge on any atom is 0.241 e. The highest BCUT2D eigenvalue weighted by Gasteiger charge is 2.27. The van der Waals surface area contributed by atoms with E-state index < -0.39 is 26.6 Å². The van der Waals surface area contributed by atoms with E-state index in [0.717, 1.165) is 21.0 Å². The van der Waals surface area contributed by atoms with Crippen molar-refractivity contribution in [2.24, 2.45) is 5.14 Å². The fourth-order valence-corrected chi connectivity index (χ4v) is 4.33. The van der Waals surface area contributed by atoms with E-state index in [1.54, 1.807) is 18.2 Å². The van der Waals surface area contributed by atoms with Gasteiger partial charge in [0, 0.05) is 9.13 Å². The Labute approximate surface area is 174 Å². The van der Waals surface area contributed by atoms with Gasteiger partial charge in [-0.3, -0.25) is 0 Å². The van der Waals surface area contributed by atoms with Crippen molar-refractivity contribution < 1.29 is 17.2 Å². The molecule has 7 nitrogen and oxygen atoms in total. The highest BCUT2D eigenvalue weighted by molar-refractivity contribution is 14.1. The Morgan fingerprint density at radius 2 is 1.89 bits per heavy atom. The quantitative estimate of drug-likeness (QED) is 0.431. The van der Waals surface area contributed by atoms with E-state index in [4.69, 9.17) is 22.5 Å². The van der Waals surface area contributed by atoms with E-state index >= 15 is 0 Å². The number of nitrogens with zero attached hydrogens (tertiary/aromatic N) is 2. The van der Waals surface area contributed by atoms with Gasteiger partial charge in [0.25, 0.3) is 0 Å². The highest BCUT2D eigenvalue weighted by atomic mass is 127. The van der Waals surface area contributed by atoms with Crippen LogP contribution in [-0.4, -0.2) is 18.6 Å². The average molecular weight is 544 g/mol. The topological polar surface area (TPSA) is 124 Å². The first-order valence-electron chi connectivity index (χ1n) is 6.94. The first-order valence-corrected chi connectivity index (χ1v) is 10.8. The van der Waals surface area contributed by atoms with Gasteiger partial charge in [0.05, 0.1) is 16.4 Å². The molecule has 0 bridgehead atoms. The second kappa shape index (κ2) is 7.43. The maximum absolute atomic E-state index is 14.8. The second-order valence-electron chi connectivity index (χ2n) is 5.16. The van der Waals surface area contributed by atoms with Crippen LogP contribution in [-0.2, 0) is 10.0 Å². The van der Waals surface area contributed by atoms with Crippen LogP contribution in [0.4, 0.5) is 25.3 Å². The van der Waals surface area contributed by atoms with Gasteiger partial charge >= 0.3 is 0 Å². The number of rotatable bonds is 4. The minimum Gasteiger partial charge on any atom is -0.374 e. The fourth-order valence-electron chi connectivity index (χ4n) is 2.17. The van der Waals surface area contributed by atoms with Crippen molar-refractivity contribution in [1.82, 2.24) is 10.2 Å². The average Bonchev–Trinajstić information content (AvgIpc) is 2.99. The van der Waals surface area contributed by atoms with Gasteiger partial charge in [0.1, 0.15) is 4.90 Å². The molecule has 0 spiro atoms. The highest BCUT2D eigenvalue weighted by Crippen LogP contribution is 2.39. The Hall–Kier alpha value is -1.61. The molecule has 142 valence electrons. The molecule has 0 saturated carbocycles. The molecule has 3 aromatic rings. The van der Waals surface area contributed by atoms with E-state index in [2.05, 4.69) is 15.5 Å². The van der Waals surface area contributed by atoms with Crippen molar-refractivity contribution in [1.29, 1.82) is 0 Å². The van der Waals surface area contributed by atoms with Gasteiger partial charge in [0.2, 0.25) is 15.2 Å². The first-order chi connectivity index (χ1) is 12.6. The Morgan fingerprint density at radius 3 is 2.44 bits per heavy atom. The van der Waals surface area contributed by atoms with Gasteiger partial charge in [-0.15, -0.1) is 10.2 Å². The zero-order chi connectivity index (χ0) is 19.9. The Kier molecular flexibility index (Phi) is 5.54. The van der Waals surface area contributed by atoms with E-state index in [-0.39, 0.29) is 32.1 Å². The number of aromatic nitrogens is 2. The van der Waals surface area contributed by atoms with Crippen molar-refractivity contribution in [3.8, 4) is 10.6 Å². The first kappa shape index (κ1) is 20.1. The van der Waals surface area contributed by atoms with Crippen LogP contribution in [0.15, 0.2) is 29.2 Å². The third-order valence-corrected chi connectivity index (χ3v) is 6.02. The molecule has 3 rings (SSSR count). The molecular formula is C14H9ClF2IN5O2S2. The number of nitrogens with two attached hydrogens (primary N) is 2. The lowest BCUT2D eigenvalue weighted by Crippen LogP contribution is -2.16. The summed E-state index contributed by atoms with van der Waals surface area (Å²) in [5.41, 5.74) is 5.36. The van der Waals surface area contributed by atoms with Crippen LogP contribution >= 0.6 is 45.5 Å². The maximum atomic E-state index is 14.8. The number of nitrogen functional groups attached to an aromatic ring is 1. The van der Waals surface area contributed by atoms with Gasteiger partial charge in [-0.25, -0.2) is 22.3 Å². The van der Waals surface area contributed by atoms with E-state index in [1.165, 1.54) is 0 Å². The second-order valence-corrected chi connectivity index (χ2v) is 9.36. The summed E-state index contributed by atoms with van der Waals surface area (Å²) in [5.74, 6) is -3.08. The molecule has 0 aliphatic heterocycles. The standard InChI is InChI=1S/C14H9ClF2IN5O2S2/c15-7-3-5(18)1-2-8(7)21-12-6(13-22-23-14(19)26-13)4-9(27(20,24)25)10(16)11(12)17/h1-4,21H,(H2,19,23)(H2,20,24,25). The number of hydrogen-bond acceptors (Lipinski definition) is 7. The summed E-state index contributed by atoms with van der Waals surface area (Å²) in [5, 5.41) is 15.4. The zero-order valence-electron chi connectivity index (χ0n) is 13.0. The molecule has 5 N–H and O–H groups in total. The largest absolute Gasteiger partial charge is 0.374 e. The third kappa shape index (κ3) is 4.13. The predicted octanol–water partition coefficient (Wildman–Crippen LogP) is 3.71. The van der Waals surface area contributed by atoms with Crippen molar-refractivity contribution in [2.75, 3.05) is 11.1 Å². The van der Waals surface area contributed by atoms with Gasteiger partial charge < -0.3 is 11.1 Å². The molecule has 1 aromatic heterocycles. The lowest BCUT2D eigenvalue weighted by atomic mass is 10.1. The van der Waals surface area contributed by atoms with E-state index in [9.17, 15) is 17.2 Å². The predicted molar refractivity (Wildman–Crippen MR) is 108 cm³/mol. The number of benzene rings is 2. The lowest BCUT2D eigenvalue weighted by molar-refractivity contribution is 0.488. The molecule has 2 aromatic carbocycles. The fraction of sp³-hybridized carbons (Fsp3) is 0. The molecule has 0 amide bonds. The summed E-state index contributed by atoms with van der Waals surface area (Å²) in [6.07, 6.45) is 0. The molecule has 0 saturated heterocycles. The van der Waals surface area contributed by atoms with Gasteiger partial charge in [-0.2, -0.15) is 0 Å². The van der Waals surface area contributed by atoms with Gasteiger partial charge in [-0.1, -0.05) is 22.9 Å². The minimum atomic E-state index is -4.53. The normalized spacial score (nSPS) is 11.6. The molecule has 0 aliphatic rings. The van der Waals surface area contributed by atoms with Crippen molar-refractivity contribution in [2.45, 2.75) is 4.90 Å². The van der Waals surface area contributed by atoms with Crippen LogP contribution < -0.4 is 16.2 Å². The van der Waals surface area contributed by atoms with Crippen LogP contribution in [0, 0.1) is 15.2 Å². The molecule has 27 heavy (non-hydrogen) atoms. The number of sulfonamides is 1. The Morgan fingerprint density at radius 1 is 1.19 bits per heavy atom. The van der Waals surface area contributed by atoms with Crippen LogP contribution in [0.3, 0.4) is 0 Å². The molecule has 0 unspecified atom stereocenters. The van der Waals surface area contributed by atoms with Crippen molar-refractivity contribution in [3.63, 3.8) is 0 Å². The van der Waals surface area contributed by atoms with Crippen molar-refractivity contribution in [3.05, 3.63) is 44.5 Å². The molecular weight excluding hydrogens is 535 g/mol. The monoisotopic (exact) mass is 543 g/mol. The Balaban J connectivity index is 2.27. The summed E-state index contributed by atoms with van der Waals surface area (Å²) < 4.78 is 53.2. The van der Waals surface area contributed by atoms with Gasteiger partial charge in [-0.05, 0) is 46.9 Å². The number of nitrogens with one attached hydrogen (secondary N) is 1. The lowest BCUT2D eigenvalue weighted by Gasteiger charge is -2.15. The number of halogens is 4. The number of anilines is 3. The number of primary sulfonamides is 1. The van der Waals surface area contributed by atoms with Crippen LogP contribution in [0.25, 0.3) is 10.6 Å². The molecule has 0 aliphatic carbocycles. The minimum absolute atomic E-state index is 0.0603. The van der Waals surface area contributed by atoms with Crippen molar-refractivity contribution >= 4 is 72.1 Å². The summed E-state index contributed by atoms with van der Waals surface area (Å²) in [4.78, 5) is -1.01. The van der Waals surface area contributed by atoms with Gasteiger partial charge in [0.15, 0.2) is 16.6 Å². The van der Waals surface area contributed by atoms with Crippen LogP contribution in [0.5, 0.6) is 0 Å². The zero-order valence-corrected chi connectivity index (χ0v) is 17.5. The summed E-state index contributed by atoms with van der Waals surface area (Å²) in [7, 11) is -4.53. The SMILES string of the molecule is Nc1nnc(-c2cc(S(N)(=O)=O)c(F)c(F)c2Nc2ccc(I)cc2Cl)s1. The smallest absolute Gasteiger partial charge is 0.241 e. The summed E-state index contributed by atoms with van der Waals surface area (Å²) in [6, 6.07) is 5.74. The van der Waals surface area contributed by atoms with E-state index in [1.807, 2.05) is 22.6 Å². The van der Waals surface area contributed by atoms with Crippen LogP contribution in [0.1, 0.15) is 0 Å². The summed E-state index contributed by atoms with van der Waals surface area (Å²) in [6.45, 7) is 0. The summed E-state index contributed by atoms with van der Waals surface area (Å²) >= 11 is 9.04. The molecule has 0 atom stereocenters. The molecule has 0 fully saturated rings. The van der Waals surface area contributed by atoms with Crippen LogP contribution in [0.2, 0.25) is 5.02 Å². The molecule has 1 heterocycles. The third-order valence-electron chi connectivity index (χ3n) is 3.34. The molecule has 0 radical (unpaired) electrons. The molecule has 13 heteroatoms. The number of hydrogen-bond donors (Lipinski definition) is 3. The van der Waals surface area contributed by atoms with E-state index in [0.29, 0.717) is 0 Å².